The summed E-state index contributed by atoms with van der Waals surface area (Å²) >= 11 is 1.54. The first-order valence-electron chi connectivity index (χ1n) is 9.42. The number of nitrogens with zero attached hydrogens (tertiary/aromatic N) is 5. The minimum atomic E-state index is 0.310. The molecule has 28 heavy (non-hydrogen) atoms. The van der Waals surface area contributed by atoms with Crippen molar-refractivity contribution in [2.24, 2.45) is 0 Å². The summed E-state index contributed by atoms with van der Waals surface area (Å²) < 4.78 is 0. The number of benzene rings is 1. The Hall–Kier alpha value is -2.90. The van der Waals surface area contributed by atoms with Gasteiger partial charge in [-0.05, 0) is 49.2 Å². The molecule has 0 spiro atoms. The molecule has 4 aromatic rings. The lowest BCUT2D eigenvalue weighted by Gasteiger charge is -2.24. The van der Waals surface area contributed by atoms with Crippen LogP contribution in [0.3, 0.4) is 0 Å². The number of nitrogens with one attached hydrogen (secondary N) is 1. The van der Waals surface area contributed by atoms with Crippen LogP contribution in [0.4, 0.5) is 11.1 Å². The zero-order chi connectivity index (χ0) is 18.8. The maximum Gasteiger partial charge on any atom is 0.229 e. The highest BCUT2D eigenvalue weighted by atomic mass is 32.1. The van der Waals surface area contributed by atoms with Gasteiger partial charge >= 0.3 is 0 Å². The summed E-state index contributed by atoms with van der Waals surface area (Å²) in [5.41, 5.74) is 3.41. The Morgan fingerprint density at radius 2 is 2.07 bits per heavy atom. The molecule has 1 unspecified atom stereocenters. The lowest BCUT2D eigenvalue weighted by molar-refractivity contribution is 0.244. The van der Waals surface area contributed by atoms with Gasteiger partial charge in [0.05, 0.1) is 17.3 Å². The fourth-order valence-electron chi connectivity index (χ4n) is 3.81. The molecule has 140 valence electrons. The van der Waals surface area contributed by atoms with E-state index in [-0.39, 0.29) is 0 Å². The second-order valence-corrected chi connectivity index (χ2v) is 7.82. The van der Waals surface area contributed by atoms with Gasteiger partial charge < -0.3 is 5.32 Å². The van der Waals surface area contributed by atoms with Crippen LogP contribution in [0.2, 0.25) is 0 Å². The topological polar surface area (TPSA) is 66.8 Å². The summed E-state index contributed by atoms with van der Waals surface area (Å²) in [4.78, 5) is 20.3. The maximum atomic E-state index is 4.76. The van der Waals surface area contributed by atoms with Gasteiger partial charge in [0.25, 0.3) is 0 Å². The summed E-state index contributed by atoms with van der Waals surface area (Å²) in [6.45, 7) is 1.99. The number of rotatable bonds is 5. The van der Waals surface area contributed by atoms with Crippen molar-refractivity contribution in [2.75, 3.05) is 11.9 Å². The zero-order valence-electron chi connectivity index (χ0n) is 15.3. The molecule has 7 heteroatoms. The molecule has 1 fully saturated rings. The zero-order valence-corrected chi connectivity index (χ0v) is 16.1. The maximum absolute atomic E-state index is 4.76. The van der Waals surface area contributed by atoms with E-state index in [1.807, 2.05) is 29.9 Å². The normalized spacial score (nSPS) is 17.2. The Balaban J connectivity index is 1.36. The largest absolute Gasteiger partial charge is 0.300 e. The van der Waals surface area contributed by atoms with Crippen LogP contribution >= 0.6 is 11.3 Å². The minimum Gasteiger partial charge on any atom is -0.300 e. The van der Waals surface area contributed by atoms with Gasteiger partial charge in [-0.3, -0.25) is 9.88 Å². The first kappa shape index (κ1) is 17.2. The Morgan fingerprint density at radius 3 is 3.00 bits per heavy atom. The molecule has 0 bridgehead atoms. The number of hydrogen-bond acceptors (Lipinski definition) is 7. The van der Waals surface area contributed by atoms with Crippen LogP contribution in [0, 0.1) is 0 Å². The highest BCUT2D eigenvalue weighted by Gasteiger charge is 2.27. The van der Waals surface area contributed by atoms with E-state index in [4.69, 9.17) is 4.98 Å². The highest BCUT2D eigenvalue weighted by Crippen LogP contribution is 2.33. The molecular formula is C21H20N6S. The van der Waals surface area contributed by atoms with Gasteiger partial charge in [0, 0.05) is 35.9 Å². The Labute approximate surface area is 167 Å². The van der Waals surface area contributed by atoms with Gasteiger partial charge in [0.15, 0.2) is 5.13 Å². The van der Waals surface area contributed by atoms with Crippen molar-refractivity contribution in [2.45, 2.75) is 25.4 Å². The van der Waals surface area contributed by atoms with Crippen LogP contribution < -0.4 is 5.32 Å². The van der Waals surface area contributed by atoms with Crippen molar-refractivity contribution in [1.82, 2.24) is 24.8 Å². The van der Waals surface area contributed by atoms with E-state index in [0.717, 1.165) is 35.9 Å². The number of fused-ring (bicyclic) bond motifs is 1. The molecule has 0 aliphatic carbocycles. The van der Waals surface area contributed by atoms with Crippen molar-refractivity contribution >= 4 is 33.3 Å². The molecular weight excluding hydrogens is 368 g/mol. The molecule has 6 nitrogen and oxygen atoms in total. The molecule has 0 amide bonds. The van der Waals surface area contributed by atoms with Crippen LogP contribution in [0.5, 0.6) is 0 Å². The van der Waals surface area contributed by atoms with Crippen LogP contribution in [0.25, 0.3) is 10.9 Å². The molecule has 1 aliphatic rings. The van der Waals surface area contributed by atoms with Crippen molar-refractivity contribution in [1.29, 1.82) is 0 Å². The molecule has 0 saturated carbocycles. The monoisotopic (exact) mass is 388 g/mol. The lowest BCUT2D eigenvalue weighted by atomic mass is 10.1. The number of thiazole rings is 1. The molecule has 1 aromatic carbocycles. The molecule has 5 rings (SSSR count). The van der Waals surface area contributed by atoms with Gasteiger partial charge in [0.2, 0.25) is 5.95 Å². The van der Waals surface area contributed by atoms with Crippen molar-refractivity contribution in [3.63, 3.8) is 0 Å². The van der Waals surface area contributed by atoms with E-state index in [2.05, 4.69) is 49.4 Å². The van der Waals surface area contributed by atoms with Crippen molar-refractivity contribution < 1.29 is 0 Å². The van der Waals surface area contributed by atoms with Gasteiger partial charge in [-0.25, -0.2) is 15.0 Å². The smallest absolute Gasteiger partial charge is 0.229 e. The molecule has 3 aromatic heterocycles. The molecule has 1 aliphatic heterocycles. The van der Waals surface area contributed by atoms with E-state index in [9.17, 15) is 0 Å². The Bertz CT molecular complexity index is 1080. The van der Waals surface area contributed by atoms with E-state index < -0.39 is 0 Å². The van der Waals surface area contributed by atoms with E-state index in [1.54, 1.807) is 17.5 Å². The summed E-state index contributed by atoms with van der Waals surface area (Å²) in [6, 6.07) is 13.0. The van der Waals surface area contributed by atoms with Crippen molar-refractivity contribution in [3.05, 3.63) is 71.6 Å². The van der Waals surface area contributed by atoms with Gasteiger partial charge in [-0.15, -0.1) is 11.3 Å². The standard InChI is InChI=1S/C21H20N6S/c1-3-16-13-15(5-6-17(16)22-8-1)14-27-11-2-4-19(27)18-7-9-23-20(25-18)26-21-24-10-12-28-21/h1,3,5-10,12-13,19H,2,4,11,14H2,(H,23,24,25,26). The molecule has 1 N–H and O–H groups in total. The Morgan fingerprint density at radius 1 is 1.07 bits per heavy atom. The fourth-order valence-corrected chi connectivity index (χ4v) is 4.33. The van der Waals surface area contributed by atoms with Gasteiger partial charge in [-0.1, -0.05) is 12.1 Å². The fraction of sp³-hybridized carbons (Fsp3) is 0.238. The summed E-state index contributed by atoms with van der Waals surface area (Å²) in [7, 11) is 0. The van der Waals surface area contributed by atoms with E-state index >= 15 is 0 Å². The third-order valence-electron chi connectivity index (χ3n) is 5.09. The average molecular weight is 389 g/mol. The second kappa shape index (κ2) is 7.61. The van der Waals surface area contributed by atoms with Gasteiger partial charge in [-0.2, -0.15) is 0 Å². The summed E-state index contributed by atoms with van der Waals surface area (Å²) in [5.74, 6) is 0.607. The van der Waals surface area contributed by atoms with Crippen molar-refractivity contribution in [3.8, 4) is 0 Å². The molecule has 1 saturated heterocycles. The number of hydrogen-bond donors (Lipinski definition) is 1. The van der Waals surface area contributed by atoms with Crippen LogP contribution in [0.15, 0.2) is 60.4 Å². The summed E-state index contributed by atoms with van der Waals surface area (Å²) in [6.07, 6.45) is 7.73. The first-order valence-corrected chi connectivity index (χ1v) is 10.3. The predicted molar refractivity (Wildman–Crippen MR) is 112 cm³/mol. The number of anilines is 2. The van der Waals surface area contributed by atoms with Crippen LogP contribution in [0.1, 0.15) is 30.1 Å². The van der Waals surface area contributed by atoms with E-state index in [0.29, 0.717) is 12.0 Å². The van der Waals surface area contributed by atoms with Crippen LogP contribution in [-0.4, -0.2) is 31.4 Å². The number of aromatic nitrogens is 4. The average Bonchev–Trinajstić information content (AvgIpc) is 3.40. The quantitative estimate of drug-likeness (QED) is 0.540. The lowest BCUT2D eigenvalue weighted by Crippen LogP contribution is -2.23. The van der Waals surface area contributed by atoms with Gasteiger partial charge in [0.1, 0.15) is 0 Å². The highest BCUT2D eigenvalue weighted by molar-refractivity contribution is 7.13. The summed E-state index contributed by atoms with van der Waals surface area (Å²) in [5, 5.41) is 7.12. The minimum absolute atomic E-state index is 0.310. The van der Waals surface area contributed by atoms with Crippen LogP contribution in [-0.2, 0) is 6.54 Å². The predicted octanol–water partition coefficient (Wildman–Crippen LogP) is 4.56. The molecule has 4 heterocycles. The number of likely N-dealkylation sites (tertiary alicyclic amines) is 1. The third kappa shape index (κ3) is 3.58. The molecule has 0 radical (unpaired) electrons. The SMILES string of the molecule is c1cnc2ccc(CN3CCCC3c3ccnc(Nc4nccs4)n3)cc2c1. The number of pyridine rings is 1. The molecule has 1 atom stereocenters. The van der Waals surface area contributed by atoms with E-state index in [1.165, 1.54) is 17.4 Å². The third-order valence-corrected chi connectivity index (χ3v) is 5.77. The Kier molecular flexibility index (Phi) is 4.68. The second-order valence-electron chi connectivity index (χ2n) is 6.93. The first-order chi connectivity index (χ1) is 13.8.